The SMILES string of the molecule is CCC1(O)CC(C)(C)N(O)C(C)(CC2(C)CC(C)(O)CC(C)(C)N2O)C1. The third kappa shape index (κ3) is 3.82. The van der Waals surface area contributed by atoms with Crippen LogP contribution >= 0.6 is 0 Å². The molecule has 0 aromatic heterocycles. The number of aliphatic hydroxyl groups is 2. The first-order chi connectivity index (χ1) is 11.4. The van der Waals surface area contributed by atoms with Crippen molar-refractivity contribution in [2.75, 3.05) is 0 Å². The second-order valence-corrected chi connectivity index (χ2v) is 11.2. The van der Waals surface area contributed by atoms with Crippen LogP contribution in [0.1, 0.15) is 93.9 Å². The highest BCUT2D eigenvalue weighted by atomic mass is 16.5. The molecule has 0 aromatic carbocycles. The molecule has 26 heavy (non-hydrogen) atoms. The molecule has 0 bridgehead atoms. The van der Waals surface area contributed by atoms with Gasteiger partial charge in [0, 0.05) is 22.2 Å². The maximum atomic E-state index is 11.1. The van der Waals surface area contributed by atoms with Crippen LogP contribution in [-0.2, 0) is 0 Å². The molecule has 2 aliphatic heterocycles. The first-order valence-corrected chi connectivity index (χ1v) is 9.84. The molecule has 154 valence electrons. The molecule has 2 aliphatic rings. The molecule has 4 unspecified atom stereocenters. The van der Waals surface area contributed by atoms with E-state index in [0.717, 1.165) is 0 Å². The molecule has 0 radical (unpaired) electrons. The lowest BCUT2D eigenvalue weighted by Gasteiger charge is -2.61. The summed E-state index contributed by atoms with van der Waals surface area (Å²) < 4.78 is 0. The Morgan fingerprint density at radius 2 is 1.12 bits per heavy atom. The van der Waals surface area contributed by atoms with E-state index >= 15 is 0 Å². The summed E-state index contributed by atoms with van der Waals surface area (Å²) in [6.07, 6.45) is 2.82. The maximum absolute atomic E-state index is 11.1. The molecule has 2 fully saturated rings. The Bertz CT molecular complexity index is 547. The molecule has 6 heteroatoms. The van der Waals surface area contributed by atoms with Crippen LogP contribution in [0, 0.1) is 0 Å². The number of rotatable bonds is 3. The van der Waals surface area contributed by atoms with Crippen molar-refractivity contribution >= 4 is 0 Å². The van der Waals surface area contributed by atoms with Crippen molar-refractivity contribution in [3.8, 4) is 0 Å². The fourth-order valence-corrected chi connectivity index (χ4v) is 6.50. The quantitative estimate of drug-likeness (QED) is 0.608. The van der Waals surface area contributed by atoms with Gasteiger partial charge in [0.05, 0.1) is 11.2 Å². The summed E-state index contributed by atoms with van der Waals surface area (Å²) in [5, 5.41) is 46.7. The van der Waals surface area contributed by atoms with Crippen molar-refractivity contribution in [1.82, 2.24) is 10.1 Å². The van der Waals surface area contributed by atoms with Crippen LogP contribution in [0.3, 0.4) is 0 Å². The minimum atomic E-state index is -0.903. The first-order valence-electron chi connectivity index (χ1n) is 9.84. The molecule has 4 atom stereocenters. The number of nitrogens with zero attached hydrogens (tertiary/aromatic N) is 2. The Hall–Kier alpha value is -0.240. The van der Waals surface area contributed by atoms with Crippen LogP contribution in [0.2, 0.25) is 0 Å². The van der Waals surface area contributed by atoms with Gasteiger partial charge in [-0.2, -0.15) is 10.1 Å². The van der Waals surface area contributed by atoms with E-state index in [2.05, 4.69) is 0 Å². The van der Waals surface area contributed by atoms with Crippen LogP contribution in [0.15, 0.2) is 0 Å². The fourth-order valence-electron chi connectivity index (χ4n) is 6.50. The third-order valence-corrected chi connectivity index (χ3v) is 6.64. The molecule has 0 aliphatic carbocycles. The zero-order chi connectivity index (χ0) is 20.4. The Labute approximate surface area is 158 Å². The second-order valence-electron chi connectivity index (χ2n) is 11.2. The predicted molar refractivity (Wildman–Crippen MR) is 101 cm³/mol. The van der Waals surface area contributed by atoms with Crippen molar-refractivity contribution in [2.45, 2.75) is 127 Å². The summed E-state index contributed by atoms with van der Waals surface area (Å²) in [6, 6.07) is 0. The van der Waals surface area contributed by atoms with E-state index in [-0.39, 0.29) is 0 Å². The average Bonchev–Trinajstić information content (AvgIpc) is 2.40. The summed E-state index contributed by atoms with van der Waals surface area (Å²) in [6.45, 7) is 15.4. The normalized spacial score (nSPS) is 47.1. The average molecular weight is 373 g/mol. The summed E-state index contributed by atoms with van der Waals surface area (Å²) >= 11 is 0. The standard InChI is InChI=1S/C20H40N2O4/c1-9-20(24)11-16(4,5)22(26)18(7,14-20)12-17(6)13-19(8,23)10-15(2,3)21(17)25/h23-26H,9-14H2,1-8H3. The van der Waals surface area contributed by atoms with Gasteiger partial charge in [0.25, 0.3) is 0 Å². The molecule has 2 heterocycles. The summed E-state index contributed by atoms with van der Waals surface area (Å²) in [5.74, 6) is 0. The highest BCUT2D eigenvalue weighted by molar-refractivity contribution is 5.11. The zero-order valence-electron chi connectivity index (χ0n) is 17.9. The third-order valence-electron chi connectivity index (χ3n) is 6.64. The number of piperidine rings is 2. The molecule has 2 saturated heterocycles. The van der Waals surface area contributed by atoms with Crippen molar-refractivity contribution in [2.24, 2.45) is 0 Å². The number of hydroxylamine groups is 4. The molecule has 4 N–H and O–H groups in total. The molecular weight excluding hydrogens is 332 g/mol. The highest BCUT2D eigenvalue weighted by Gasteiger charge is 2.59. The van der Waals surface area contributed by atoms with E-state index in [4.69, 9.17) is 0 Å². The monoisotopic (exact) mass is 372 g/mol. The van der Waals surface area contributed by atoms with Gasteiger partial charge in [-0.1, -0.05) is 6.92 Å². The molecule has 2 rings (SSSR count). The molecule has 0 spiro atoms. The molecule has 0 amide bonds. The van der Waals surface area contributed by atoms with E-state index < -0.39 is 33.4 Å². The Morgan fingerprint density at radius 3 is 1.58 bits per heavy atom. The van der Waals surface area contributed by atoms with Crippen molar-refractivity contribution in [1.29, 1.82) is 0 Å². The van der Waals surface area contributed by atoms with E-state index in [1.807, 2.05) is 55.4 Å². The van der Waals surface area contributed by atoms with Crippen LogP contribution in [0.5, 0.6) is 0 Å². The van der Waals surface area contributed by atoms with Gasteiger partial charge in [-0.25, -0.2) is 0 Å². The van der Waals surface area contributed by atoms with Gasteiger partial charge in [0.2, 0.25) is 0 Å². The first kappa shape index (κ1) is 22.1. The summed E-state index contributed by atoms with van der Waals surface area (Å²) in [5.41, 5.74) is -4.39. The van der Waals surface area contributed by atoms with Crippen LogP contribution < -0.4 is 0 Å². The van der Waals surface area contributed by atoms with Gasteiger partial charge in [-0.05, 0) is 87.0 Å². The van der Waals surface area contributed by atoms with Crippen LogP contribution in [0.25, 0.3) is 0 Å². The summed E-state index contributed by atoms with van der Waals surface area (Å²) in [7, 11) is 0. The summed E-state index contributed by atoms with van der Waals surface area (Å²) in [4.78, 5) is 0. The molecular formula is C20H40N2O4. The number of hydrogen-bond donors (Lipinski definition) is 4. The van der Waals surface area contributed by atoms with Gasteiger partial charge in [0.15, 0.2) is 0 Å². The van der Waals surface area contributed by atoms with E-state index in [1.54, 1.807) is 0 Å². The van der Waals surface area contributed by atoms with E-state index in [9.17, 15) is 20.6 Å². The Morgan fingerprint density at radius 1 is 0.692 bits per heavy atom. The molecule has 0 saturated carbocycles. The lowest BCUT2D eigenvalue weighted by Crippen LogP contribution is -2.71. The minimum Gasteiger partial charge on any atom is -0.390 e. The van der Waals surface area contributed by atoms with Gasteiger partial charge < -0.3 is 20.6 Å². The molecule has 0 aromatic rings. The van der Waals surface area contributed by atoms with Crippen molar-refractivity contribution < 1.29 is 20.6 Å². The zero-order valence-corrected chi connectivity index (χ0v) is 17.9. The van der Waals surface area contributed by atoms with E-state index in [1.165, 1.54) is 10.1 Å². The van der Waals surface area contributed by atoms with Gasteiger partial charge >= 0.3 is 0 Å². The topological polar surface area (TPSA) is 87.4 Å². The highest BCUT2D eigenvalue weighted by Crippen LogP contribution is 2.51. The fraction of sp³-hybridized carbons (Fsp3) is 1.00. The Balaban J connectivity index is 2.42. The largest absolute Gasteiger partial charge is 0.390 e. The van der Waals surface area contributed by atoms with Gasteiger partial charge in [-0.3, -0.25) is 0 Å². The number of hydrogen-bond acceptors (Lipinski definition) is 6. The predicted octanol–water partition coefficient (Wildman–Crippen LogP) is 3.31. The minimum absolute atomic E-state index is 0.397. The second kappa shape index (κ2) is 6.13. The van der Waals surface area contributed by atoms with Crippen molar-refractivity contribution in [3.63, 3.8) is 0 Å². The lowest BCUT2D eigenvalue weighted by molar-refractivity contribution is -0.317. The maximum Gasteiger partial charge on any atom is 0.0681 e. The lowest BCUT2D eigenvalue weighted by atomic mass is 9.63. The molecule has 6 nitrogen and oxygen atoms in total. The van der Waals surface area contributed by atoms with Crippen molar-refractivity contribution in [3.05, 3.63) is 0 Å². The van der Waals surface area contributed by atoms with Crippen LogP contribution in [-0.4, -0.2) is 64.1 Å². The van der Waals surface area contributed by atoms with Gasteiger partial charge in [0.1, 0.15) is 0 Å². The smallest absolute Gasteiger partial charge is 0.0681 e. The van der Waals surface area contributed by atoms with E-state index in [0.29, 0.717) is 38.5 Å². The van der Waals surface area contributed by atoms with Gasteiger partial charge in [-0.15, -0.1) is 0 Å². The Kier molecular flexibility index (Phi) is 5.20. The van der Waals surface area contributed by atoms with Crippen LogP contribution in [0.4, 0.5) is 0 Å².